The second-order valence-electron chi connectivity index (χ2n) is 16.4. The molecule has 0 saturated heterocycles. The lowest BCUT2D eigenvalue weighted by molar-refractivity contribution is -0.0576. The van der Waals surface area contributed by atoms with E-state index in [-0.39, 0.29) is 13.2 Å². The van der Waals surface area contributed by atoms with Crippen molar-refractivity contribution >= 4 is 0 Å². The van der Waals surface area contributed by atoms with Gasteiger partial charge < -0.3 is 42.6 Å². The van der Waals surface area contributed by atoms with E-state index in [4.69, 9.17) is 42.6 Å². The third kappa shape index (κ3) is 10.9. The van der Waals surface area contributed by atoms with Crippen LogP contribution < -0.4 is 37.9 Å². The Morgan fingerprint density at radius 2 is 0.809 bits per heavy atom. The van der Waals surface area contributed by atoms with E-state index in [1.807, 2.05) is 182 Å². The van der Waals surface area contributed by atoms with E-state index in [1.54, 1.807) is 21.3 Å². The van der Waals surface area contributed by atoms with Crippen molar-refractivity contribution in [2.75, 3.05) is 21.3 Å². The highest BCUT2D eigenvalue weighted by Crippen LogP contribution is 2.56. The molecule has 0 aromatic heterocycles. The third-order valence-electron chi connectivity index (χ3n) is 11.9. The van der Waals surface area contributed by atoms with Crippen LogP contribution in [0.2, 0.25) is 0 Å². The Morgan fingerprint density at radius 1 is 0.368 bits per heavy atom. The first-order valence-corrected chi connectivity index (χ1v) is 22.7. The van der Waals surface area contributed by atoms with Crippen LogP contribution in [0, 0.1) is 0 Å². The molecule has 9 heteroatoms. The molecule has 8 aromatic carbocycles. The van der Waals surface area contributed by atoms with Crippen LogP contribution >= 0.6 is 0 Å². The van der Waals surface area contributed by atoms with Gasteiger partial charge in [-0.1, -0.05) is 158 Å². The minimum absolute atomic E-state index is 0.270. The van der Waals surface area contributed by atoms with Gasteiger partial charge in [-0.25, -0.2) is 0 Å². The molecule has 68 heavy (non-hydrogen) atoms. The fourth-order valence-electron chi connectivity index (χ4n) is 8.46. The Kier molecular flexibility index (Phi) is 14.7. The van der Waals surface area contributed by atoms with Crippen molar-refractivity contribution in [3.8, 4) is 46.0 Å². The highest BCUT2D eigenvalue weighted by atomic mass is 16.6. The van der Waals surface area contributed by atoms with Gasteiger partial charge in [0.2, 0.25) is 0 Å². The van der Waals surface area contributed by atoms with Crippen molar-refractivity contribution < 1.29 is 42.6 Å². The summed E-state index contributed by atoms with van der Waals surface area (Å²) in [5.74, 6) is 3.87. The molecule has 9 rings (SSSR count). The number of ether oxygens (including phenoxy) is 9. The lowest BCUT2D eigenvalue weighted by atomic mass is 9.78. The summed E-state index contributed by atoms with van der Waals surface area (Å²) >= 11 is 0. The molecule has 9 nitrogen and oxygen atoms in total. The average Bonchev–Trinajstić information content (AvgIpc) is 3.40. The molecule has 0 saturated carbocycles. The first-order chi connectivity index (χ1) is 33.6. The van der Waals surface area contributed by atoms with E-state index in [2.05, 4.69) is 12.1 Å². The number of fused-ring (bicyclic) bond motifs is 1. The van der Waals surface area contributed by atoms with Gasteiger partial charge in [0, 0.05) is 35.4 Å². The summed E-state index contributed by atoms with van der Waals surface area (Å²) < 4.78 is 59.5. The van der Waals surface area contributed by atoms with E-state index >= 15 is 0 Å². The monoisotopic (exact) mass is 906 g/mol. The van der Waals surface area contributed by atoms with Crippen molar-refractivity contribution in [2.45, 2.75) is 51.2 Å². The van der Waals surface area contributed by atoms with Gasteiger partial charge in [-0.3, -0.25) is 0 Å². The SMILES string of the molecule is COc1cc(OC)c(C2c3c(OCc4ccccc4)cc(OCc4ccccc4)cc3OC(c3ccc(OCc4ccccc4)c(OCc4ccccc4)c3)C2OCc2ccccc2)c(OC)c1. The van der Waals surface area contributed by atoms with Crippen LogP contribution in [0.1, 0.15) is 56.5 Å². The van der Waals surface area contributed by atoms with Crippen LogP contribution in [0.4, 0.5) is 0 Å². The van der Waals surface area contributed by atoms with Gasteiger partial charge in [0.1, 0.15) is 67.0 Å². The molecular formula is C59H54O9. The minimum Gasteiger partial charge on any atom is -0.496 e. The molecule has 0 radical (unpaired) electrons. The molecule has 0 spiro atoms. The van der Waals surface area contributed by atoms with Crippen molar-refractivity contribution in [3.05, 3.63) is 239 Å². The predicted molar refractivity (Wildman–Crippen MR) is 262 cm³/mol. The maximum absolute atomic E-state index is 7.35. The zero-order valence-electron chi connectivity index (χ0n) is 38.4. The molecule has 0 bridgehead atoms. The fourth-order valence-corrected chi connectivity index (χ4v) is 8.46. The summed E-state index contributed by atoms with van der Waals surface area (Å²) in [4.78, 5) is 0. The molecular weight excluding hydrogens is 853 g/mol. The summed E-state index contributed by atoms with van der Waals surface area (Å²) in [5, 5.41) is 0. The van der Waals surface area contributed by atoms with E-state index < -0.39 is 18.1 Å². The molecule has 0 aliphatic carbocycles. The van der Waals surface area contributed by atoms with Crippen molar-refractivity contribution in [2.24, 2.45) is 0 Å². The summed E-state index contributed by atoms with van der Waals surface area (Å²) in [5.41, 5.74) is 7.33. The Morgan fingerprint density at radius 3 is 1.29 bits per heavy atom. The van der Waals surface area contributed by atoms with Crippen LogP contribution in [-0.4, -0.2) is 27.4 Å². The number of hydrogen-bond donors (Lipinski definition) is 0. The first kappa shape index (κ1) is 45.3. The summed E-state index contributed by atoms with van der Waals surface area (Å²) in [6, 6.07) is 64.0. The third-order valence-corrected chi connectivity index (χ3v) is 11.9. The minimum atomic E-state index is -0.735. The zero-order valence-corrected chi connectivity index (χ0v) is 38.4. The molecule has 3 unspecified atom stereocenters. The maximum Gasteiger partial charge on any atom is 0.162 e. The van der Waals surface area contributed by atoms with E-state index in [0.717, 1.165) is 44.5 Å². The Bertz CT molecular complexity index is 2820. The lowest BCUT2D eigenvalue weighted by Gasteiger charge is -2.41. The van der Waals surface area contributed by atoms with Crippen LogP contribution in [0.5, 0.6) is 46.0 Å². The summed E-state index contributed by atoms with van der Waals surface area (Å²) in [7, 11) is 4.91. The quantitative estimate of drug-likeness (QED) is 0.0742. The highest BCUT2D eigenvalue weighted by Gasteiger charge is 2.46. The molecule has 0 fully saturated rings. The van der Waals surface area contributed by atoms with Gasteiger partial charge in [0.15, 0.2) is 17.6 Å². The lowest BCUT2D eigenvalue weighted by Crippen LogP contribution is -2.38. The predicted octanol–water partition coefficient (Wildman–Crippen LogP) is 12.9. The van der Waals surface area contributed by atoms with Crippen LogP contribution in [-0.2, 0) is 37.8 Å². The van der Waals surface area contributed by atoms with Gasteiger partial charge in [-0.15, -0.1) is 0 Å². The maximum atomic E-state index is 7.35. The second-order valence-corrected chi connectivity index (χ2v) is 16.4. The molecule has 1 heterocycles. The van der Waals surface area contributed by atoms with E-state index in [1.165, 1.54) is 0 Å². The second kappa shape index (κ2) is 22.1. The van der Waals surface area contributed by atoms with Crippen molar-refractivity contribution in [1.29, 1.82) is 0 Å². The van der Waals surface area contributed by atoms with Gasteiger partial charge in [0.05, 0.1) is 33.9 Å². The first-order valence-electron chi connectivity index (χ1n) is 22.7. The largest absolute Gasteiger partial charge is 0.496 e. The topological polar surface area (TPSA) is 83.1 Å². The normalized spacial score (nSPS) is 15.0. The Balaban J connectivity index is 1.23. The van der Waals surface area contributed by atoms with E-state index in [9.17, 15) is 0 Å². The molecule has 3 atom stereocenters. The fraction of sp³-hybridized carbons (Fsp3) is 0.186. The number of rotatable bonds is 20. The average molecular weight is 907 g/mol. The van der Waals surface area contributed by atoms with Crippen molar-refractivity contribution in [1.82, 2.24) is 0 Å². The Labute approximate surface area is 398 Å². The van der Waals surface area contributed by atoms with E-state index in [0.29, 0.717) is 65.8 Å². The van der Waals surface area contributed by atoms with Gasteiger partial charge in [-0.05, 0) is 45.5 Å². The highest BCUT2D eigenvalue weighted by molar-refractivity contribution is 5.64. The molecule has 8 aromatic rings. The molecule has 1 aliphatic rings. The molecule has 0 amide bonds. The van der Waals surface area contributed by atoms with Crippen molar-refractivity contribution in [3.63, 3.8) is 0 Å². The van der Waals surface area contributed by atoms with Crippen LogP contribution in [0.15, 0.2) is 194 Å². The molecule has 1 aliphatic heterocycles. The summed E-state index contributed by atoms with van der Waals surface area (Å²) in [6.45, 7) is 1.56. The standard InChI is InChI=1S/C59H54O9/c1-60-47-32-51(61-2)55(52(33-47)62-3)57-56-53(66-39-44-25-15-7-16-26-44)34-48(63-36-41-19-9-4-10-20-41)35-54(56)68-58(59(57)67-40-45-27-17-8-18-28-45)46-29-30-49(64-37-42-21-11-5-12-22-42)50(31-46)65-38-43-23-13-6-14-24-43/h4-35,57-59H,36-40H2,1-3H3. The number of methoxy groups -OCH3 is 3. The van der Waals surface area contributed by atoms with Gasteiger partial charge >= 0.3 is 0 Å². The number of hydrogen-bond acceptors (Lipinski definition) is 9. The zero-order chi connectivity index (χ0) is 46.5. The van der Waals surface area contributed by atoms with Crippen LogP contribution in [0.25, 0.3) is 0 Å². The Hall–Kier alpha value is -7.88. The van der Waals surface area contributed by atoms with Crippen LogP contribution in [0.3, 0.4) is 0 Å². The molecule has 0 N–H and O–H groups in total. The summed E-state index contributed by atoms with van der Waals surface area (Å²) in [6.07, 6.45) is -1.45. The van der Waals surface area contributed by atoms with Gasteiger partial charge in [-0.2, -0.15) is 0 Å². The van der Waals surface area contributed by atoms with Gasteiger partial charge in [0.25, 0.3) is 0 Å². The smallest absolute Gasteiger partial charge is 0.162 e. The number of benzene rings is 8. The molecule has 344 valence electrons.